The zero-order valence-corrected chi connectivity index (χ0v) is 12.3. The number of hydrogen-bond donors (Lipinski definition) is 1. The van der Waals surface area contributed by atoms with Crippen molar-refractivity contribution in [1.29, 1.82) is 0 Å². The van der Waals surface area contributed by atoms with Gasteiger partial charge in [0.25, 0.3) is 5.56 Å². The number of aromatic amines is 1. The summed E-state index contributed by atoms with van der Waals surface area (Å²) in [6.07, 6.45) is 0.0825. The van der Waals surface area contributed by atoms with Gasteiger partial charge in [0.15, 0.2) is 0 Å². The molecule has 0 unspecified atom stereocenters. The van der Waals surface area contributed by atoms with Crippen molar-refractivity contribution in [3.8, 4) is 5.75 Å². The lowest BCUT2D eigenvalue weighted by atomic mass is 10.1. The summed E-state index contributed by atoms with van der Waals surface area (Å²) in [6, 6.07) is 13.2. The third kappa shape index (κ3) is 1.88. The number of H-pyrrole nitrogens is 1. The number of aromatic nitrogens is 1. The largest absolute Gasteiger partial charge is 0.491 e. The summed E-state index contributed by atoms with van der Waals surface area (Å²) in [5.41, 5.74) is 1.91. The van der Waals surface area contributed by atoms with Crippen molar-refractivity contribution in [2.45, 2.75) is 20.0 Å². The van der Waals surface area contributed by atoms with Crippen LogP contribution in [0.5, 0.6) is 5.75 Å². The SMILES string of the molecule is CC(C)Oc1ccc2c(c1)[nH]c(=O)c1c3ccccc3oc21. The Labute approximate surface area is 126 Å². The van der Waals surface area contributed by atoms with Crippen LogP contribution >= 0.6 is 0 Å². The molecule has 0 radical (unpaired) electrons. The molecule has 0 bridgehead atoms. The van der Waals surface area contributed by atoms with E-state index in [0.717, 1.165) is 27.6 Å². The van der Waals surface area contributed by atoms with Crippen LogP contribution in [0.15, 0.2) is 51.7 Å². The molecule has 0 fully saturated rings. The van der Waals surface area contributed by atoms with Gasteiger partial charge in [0.1, 0.15) is 16.9 Å². The number of pyridine rings is 1. The molecule has 4 rings (SSSR count). The first kappa shape index (κ1) is 13.0. The molecule has 4 nitrogen and oxygen atoms in total. The van der Waals surface area contributed by atoms with Crippen LogP contribution in [0.1, 0.15) is 13.8 Å². The smallest absolute Gasteiger partial charge is 0.260 e. The normalized spacial score (nSPS) is 11.8. The first-order valence-electron chi connectivity index (χ1n) is 7.27. The number of para-hydroxylation sites is 1. The van der Waals surface area contributed by atoms with Gasteiger partial charge in [-0.05, 0) is 32.0 Å². The lowest BCUT2D eigenvalue weighted by Crippen LogP contribution is -2.07. The maximum absolute atomic E-state index is 12.4. The van der Waals surface area contributed by atoms with Gasteiger partial charge in [-0.2, -0.15) is 0 Å². The van der Waals surface area contributed by atoms with E-state index in [0.29, 0.717) is 11.0 Å². The molecule has 4 heteroatoms. The van der Waals surface area contributed by atoms with Crippen LogP contribution in [0, 0.1) is 0 Å². The highest BCUT2D eigenvalue weighted by Gasteiger charge is 2.14. The van der Waals surface area contributed by atoms with E-state index in [1.54, 1.807) is 0 Å². The van der Waals surface area contributed by atoms with E-state index < -0.39 is 0 Å². The maximum atomic E-state index is 12.4. The summed E-state index contributed by atoms with van der Waals surface area (Å²) < 4.78 is 11.6. The Morgan fingerprint density at radius 3 is 2.73 bits per heavy atom. The minimum absolute atomic E-state index is 0.0825. The van der Waals surface area contributed by atoms with Crippen LogP contribution in [-0.4, -0.2) is 11.1 Å². The summed E-state index contributed by atoms with van der Waals surface area (Å²) in [5, 5.41) is 2.31. The van der Waals surface area contributed by atoms with Gasteiger partial charge in [-0.15, -0.1) is 0 Å². The Bertz CT molecular complexity index is 1060. The van der Waals surface area contributed by atoms with Gasteiger partial charge in [0, 0.05) is 16.8 Å². The predicted octanol–water partition coefficient (Wildman–Crippen LogP) is 4.21. The predicted molar refractivity (Wildman–Crippen MR) is 87.6 cm³/mol. The van der Waals surface area contributed by atoms with Crippen LogP contribution in [0.2, 0.25) is 0 Å². The summed E-state index contributed by atoms with van der Waals surface area (Å²) in [7, 11) is 0. The Morgan fingerprint density at radius 1 is 1.09 bits per heavy atom. The number of hydrogen-bond acceptors (Lipinski definition) is 3. The highest BCUT2D eigenvalue weighted by molar-refractivity contribution is 6.13. The molecular formula is C18H15NO3. The number of furan rings is 1. The second-order valence-corrected chi connectivity index (χ2v) is 5.63. The molecule has 22 heavy (non-hydrogen) atoms. The second-order valence-electron chi connectivity index (χ2n) is 5.63. The quantitative estimate of drug-likeness (QED) is 0.602. The molecule has 2 heterocycles. The topological polar surface area (TPSA) is 55.2 Å². The number of benzene rings is 2. The average Bonchev–Trinajstić information content (AvgIpc) is 2.86. The van der Waals surface area contributed by atoms with Crippen molar-refractivity contribution >= 4 is 32.8 Å². The van der Waals surface area contributed by atoms with E-state index in [4.69, 9.17) is 9.15 Å². The lowest BCUT2D eigenvalue weighted by Gasteiger charge is -2.10. The summed E-state index contributed by atoms with van der Waals surface area (Å²) >= 11 is 0. The molecule has 4 aromatic rings. The van der Waals surface area contributed by atoms with Crippen LogP contribution in [0.4, 0.5) is 0 Å². The van der Waals surface area contributed by atoms with Gasteiger partial charge < -0.3 is 14.1 Å². The lowest BCUT2D eigenvalue weighted by molar-refractivity contribution is 0.242. The fourth-order valence-electron chi connectivity index (χ4n) is 2.82. The van der Waals surface area contributed by atoms with Crippen LogP contribution in [-0.2, 0) is 0 Å². The third-order valence-corrected chi connectivity index (χ3v) is 3.68. The van der Waals surface area contributed by atoms with Crippen molar-refractivity contribution in [1.82, 2.24) is 4.98 Å². The van der Waals surface area contributed by atoms with Gasteiger partial charge in [-0.25, -0.2) is 0 Å². The van der Waals surface area contributed by atoms with E-state index in [1.165, 1.54) is 0 Å². The molecule has 0 spiro atoms. The Kier molecular flexibility index (Phi) is 2.73. The fraction of sp³-hybridized carbons (Fsp3) is 0.167. The minimum atomic E-state index is -0.144. The summed E-state index contributed by atoms with van der Waals surface area (Å²) in [6.45, 7) is 3.94. The second kappa shape index (κ2) is 4.63. The molecular weight excluding hydrogens is 278 g/mol. The number of fused-ring (bicyclic) bond motifs is 5. The number of ether oxygens (including phenoxy) is 1. The number of rotatable bonds is 2. The summed E-state index contributed by atoms with van der Waals surface area (Å²) in [4.78, 5) is 15.4. The van der Waals surface area contributed by atoms with E-state index in [9.17, 15) is 4.79 Å². The Balaban J connectivity index is 2.09. The maximum Gasteiger partial charge on any atom is 0.260 e. The molecule has 0 aliphatic carbocycles. The van der Waals surface area contributed by atoms with Gasteiger partial charge in [-0.3, -0.25) is 4.79 Å². The molecule has 110 valence electrons. The van der Waals surface area contributed by atoms with Crippen molar-refractivity contribution in [3.63, 3.8) is 0 Å². The first-order valence-corrected chi connectivity index (χ1v) is 7.27. The monoisotopic (exact) mass is 293 g/mol. The van der Waals surface area contributed by atoms with Gasteiger partial charge >= 0.3 is 0 Å². The molecule has 2 aromatic carbocycles. The first-order chi connectivity index (χ1) is 10.6. The van der Waals surface area contributed by atoms with Crippen molar-refractivity contribution < 1.29 is 9.15 Å². The van der Waals surface area contributed by atoms with Crippen LogP contribution in [0.25, 0.3) is 32.8 Å². The van der Waals surface area contributed by atoms with E-state index in [1.807, 2.05) is 56.3 Å². The van der Waals surface area contributed by atoms with E-state index >= 15 is 0 Å². The van der Waals surface area contributed by atoms with E-state index in [-0.39, 0.29) is 11.7 Å². The molecule has 0 aliphatic heterocycles. The molecule has 0 saturated heterocycles. The molecule has 0 saturated carbocycles. The molecule has 0 aliphatic rings. The zero-order chi connectivity index (χ0) is 15.3. The summed E-state index contributed by atoms with van der Waals surface area (Å²) in [5.74, 6) is 0.730. The van der Waals surface area contributed by atoms with Gasteiger partial charge in [0.2, 0.25) is 0 Å². The van der Waals surface area contributed by atoms with Gasteiger partial charge in [-0.1, -0.05) is 18.2 Å². The molecule has 1 N–H and O–H groups in total. The van der Waals surface area contributed by atoms with Crippen LogP contribution < -0.4 is 10.3 Å². The van der Waals surface area contributed by atoms with E-state index in [2.05, 4.69) is 4.98 Å². The zero-order valence-electron chi connectivity index (χ0n) is 12.3. The molecule has 0 atom stereocenters. The minimum Gasteiger partial charge on any atom is -0.491 e. The Morgan fingerprint density at radius 2 is 1.91 bits per heavy atom. The third-order valence-electron chi connectivity index (χ3n) is 3.68. The molecule has 2 aromatic heterocycles. The molecule has 0 amide bonds. The number of nitrogens with one attached hydrogen (secondary N) is 1. The average molecular weight is 293 g/mol. The highest BCUT2D eigenvalue weighted by atomic mass is 16.5. The highest BCUT2D eigenvalue weighted by Crippen LogP contribution is 2.31. The van der Waals surface area contributed by atoms with Gasteiger partial charge in [0.05, 0.1) is 17.0 Å². The fourth-order valence-corrected chi connectivity index (χ4v) is 2.82. The van der Waals surface area contributed by atoms with Crippen molar-refractivity contribution in [2.24, 2.45) is 0 Å². The van der Waals surface area contributed by atoms with Crippen molar-refractivity contribution in [2.75, 3.05) is 0 Å². The standard InChI is InChI=1S/C18H15NO3/c1-10(2)21-11-7-8-12-14(9-11)19-18(20)16-13-5-3-4-6-15(13)22-17(12)16/h3-10H,1-2H3,(H,19,20). The van der Waals surface area contributed by atoms with Crippen LogP contribution in [0.3, 0.4) is 0 Å². The Hall–Kier alpha value is -2.75. The van der Waals surface area contributed by atoms with Crippen molar-refractivity contribution in [3.05, 3.63) is 52.8 Å².